The molecule has 0 amide bonds. The lowest BCUT2D eigenvalue weighted by atomic mass is 10.2. The van der Waals surface area contributed by atoms with Crippen LogP contribution in [0.5, 0.6) is 5.75 Å². The summed E-state index contributed by atoms with van der Waals surface area (Å²) in [5.41, 5.74) is 0.968. The Morgan fingerprint density at radius 1 is 1.00 bits per heavy atom. The highest BCUT2D eigenvalue weighted by atomic mass is 32.2. The van der Waals surface area contributed by atoms with Crippen LogP contribution in [0, 0.1) is 22.7 Å². The van der Waals surface area contributed by atoms with Crippen molar-refractivity contribution in [2.75, 3.05) is 0 Å². The van der Waals surface area contributed by atoms with Gasteiger partial charge in [0.1, 0.15) is 11.8 Å². The van der Waals surface area contributed by atoms with Crippen molar-refractivity contribution in [3.8, 4) is 17.9 Å². The smallest absolute Gasteiger partial charge is 0.313 e. The van der Waals surface area contributed by atoms with Gasteiger partial charge >= 0.3 is 10.1 Å². The molecule has 0 atom stereocenters. The van der Waals surface area contributed by atoms with Crippen LogP contribution in [-0.4, -0.2) is 8.42 Å². The van der Waals surface area contributed by atoms with E-state index in [0.717, 1.165) is 0 Å². The summed E-state index contributed by atoms with van der Waals surface area (Å²) in [7, 11) is -3.91. The number of nitrogens with zero attached hydrogens (tertiary/aromatic N) is 2. The molecule has 21 heavy (non-hydrogen) atoms. The van der Waals surface area contributed by atoms with Crippen LogP contribution in [0.2, 0.25) is 0 Å². The number of hydrogen-bond acceptors (Lipinski definition) is 5. The van der Waals surface area contributed by atoms with E-state index in [9.17, 15) is 8.42 Å². The van der Waals surface area contributed by atoms with Crippen LogP contribution >= 0.6 is 0 Å². The lowest BCUT2D eigenvalue weighted by Crippen LogP contribution is -2.12. The standard InChI is InChI=1S/C15H10N2O3S/c16-9-12-4-3-5-13(8-12)11-21(18,19)20-15-7-2-1-6-14(15)10-17/h1-8H,11H2. The van der Waals surface area contributed by atoms with Gasteiger partial charge in [-0.25, -0.2) is 0 Å². The molecule has 104 valence electrons. The zero-order valence-electron chi connectivity index (χ0n) is 10.9. The molecule has 0 saturated heterocycles. The van der Waals surface area contributed by atoms with Crippen molar-refractivity contribution in [3.63, 3.8) is 0 Å². The Bertz CT molecular complexity index is 846. The van der Waals surface area contributed by atoms with Crippen molar-refractivity contribution < 1.29 is 12.6 Å². The number of rotatable bonds is 4. The minimum atomic E-state index is -3.91. The molecule has 2 rings (SSSR count). The highest BCUT2D eigenvalue weighted by molar-refractivity contribution is 7.86. The van der Waals surface area contributed by atoms with E-state index in [4.69, 9.17) is 14.7 Å². The van der Waals surface area contributed by atoms with Gasteiger partial charge in [-0.1, -0.05) is 24.3 Å². The minimum absolute atomic E-state index is 0.00330. The van der Waals surface area contributed by atoms with Crippen molar-refractivity contribution in [1.82, 2.24) is 0 Å². The molecule has 5 nitrogen and oxygen atoms in total. The second-order valence-electron chi connectivity index (χ2n) is 4.21. The van der Waals surface area contributed by atoms with Gasteiger partial charge in [0.2, 0.25) is 0 Å². The quantitative estimate of drug-likeness (QED) is 0.808. The van der Waals surface area contributed by atoms with E-state index in [0.29, 0.717) is 11.1 Å². The van der Waals surface area contributed by atoms with Crippen LogP contribution in [0.15, 0.2) is 48.5 Å². The molecule has 0 bridgehead atoms. The van der Waals surface area contributed by atoms with Crippen molar-refractivity contribution in [2.24, 2.45) is 0 Å². The minimum Gasteiger partial charge on any atom is -0.381 e. The zero-order valence-corrected chi connectivity index (χ0v) is 11.7. The molecule has 0 heterocycles. The summed E-state index contributed by atoms with van der Waals surface area (Å²) in [4.78, 5) is 0. The number of hydrogen-bond donors (Lipinski definition) is 0. The van der Waals surface area contributed by atoms with E-state index in [-0.39, 0.29) is 17.1 Å². The average molecular weight is 298 g/mol. The van der Waals surface area contributed by atoms with E-state index in [2.05, 4.69) is 0 Å². The van der Waals surface area contributed by atoms with Crippen LogP contribution in [0.1, 0.15) is 16.7 Å². The van der Waals surface area contributed by atoms with Gasteiger partial charge in [0, 0.05) is 0 Å². The van der Waals surface area contributed by atoms with Gasteiger partial charge in [-0.15, -0.1) is 0 Å². The summed E-state index contributed by atoms with van der Waals surface area (Å²) in [5.74, 6) is -0.376. The largest absolute Gasteiger partial charge is 0.381 e. The summed E-state index contributed by atoms with van der Waals surface area (Å²) in [6.07, 6.45) is 0. The first kappa shape index (κ1) is 14.6. The maximum Gasteiger partial charge on any atom is 0.313 e. The Kier molecular flexibility index (Phi) is 4.22. The molecule has 0 N–H and O–H groups in total. The fourth-order valence-electron chi connectivity index (χ4n) is 1.73. The van der Waals surface area contributed by atoms with E-state index < -0.39 is 10.1 Å². The van der Waals surface area contributed by atoms with Crippen LogP contribution < -0.4 is 4.18 Å². The van der Waals surface area contributed by atoms with Crippen molar-refractivity contribution >= 4 is 10.1 Å². The van der Waals surface area contributed by atoms with Crippen molar-refractivity contribution in [2.45, 2.75) is 5.75 Å². The van der Waals surface area contributed by atoms with Gasteiger partial charge < -0.3 is 4.18 Å². The zero-order chi connectivity index (χ0) is 15.3. The van der Waals surface area contributed by atoms with Gasteiger partial charge in [-0.2, -0.15) is 18.9 Å². The van der Waals surface area contributed by atoms with Crippen molar-refractivity contribution in [3.05, 3.63) is 65.2 Å². The van der Waals surface area contributed by atoms with E-state index >= 15 is 0 Å². The molecule has 6 heteroatoms. The SMILES string of the molecule is N#Cc1cccc(CS(=O)(=O)Oc2ccccc2C#N)c1. The number of nitriles is 2. The van der Waals surface area contributed by atoms with E-state index in [1.807, 2.05) is 12.1 Å². The van der Waals surface area contributed by atoms with Gasteiger partial charge in [0.15, 0.2) is 5.75 Å². The predicted octanol–water partition coefficient (Wildman–Crippen LogP) is 2.34. The first-order valence-electron chi connectivity index (χ1n) is 5.94. The fraction of sp³-hybridized carbons (Fsp3) is 0.0667. The Balaban J connectivity index is 2.23. The van der Waals surface area contributed by atoms with Gasteiger partial charge in [-0.05, 0) is 29.8 Å². The molecule has 2 aromatic rings. The first-order valence-corrected chi connectivity index (χ1v) is 7.52. The molecule has 0 fully saturated rings. The van der Waals surface area contributed by atoms with Crippen molar-refractivity contribution in [1.29, 1.82) is 10.5 Å². The molecule has 0 unspecified atom stereocenters. The van der Waals surface area contributed by atoms with Gasteiger partial charge in [0.25, 0.3) is 0 Å². The van der Waals surface area contributed by atoms with Crippen LogP contribution in [0.3, 0.4) is 0 Å². The van der Waals surface area contributed by atoms with Crippen LogP contribution in [0.25, 0.3) is 0 Å². The fourth-order valence-corrected chi connectivity index (χ4v) is 2.80. The molecule has 0 radical (unpaired) electrons. The maximum atomic E-state index is 12.0. The first-order chi connectivity index (χ1) is 10.0. The molecule has 0 aromatic heterocycles. The third kappa shape index (κ3) is 3.82. The third-order valence-corrected chi connectivity index (χ3v) is 3.74. The Labute approximate surface area is 122 Å². The Morgan fingerprint density at radius 2 is 1.76 bits per heavy atom. The normalized spacial score (nSPS) is 10.4. The molecule has 0 saturated carbocycles. The topological polar surface area (TPSA) is 90.9 Å². The summed E-state index contributed by atoms with van der Waals surface area (Å²) >= 11 is 0. The Morgan fingerprint density at radius 3 is 2.48 bits per heavy atom. The van der Waals surface area contributed by atoms with E-state index in [1.165, 1.54) is 18.2 Å². The summed E-state index contributed by atoms with van der Waals surface area (Å²) < 4.78 is 29.0. The molecular weight excluding hydrogens is 288 g/mol. The van der Waals surface area contributed by atoms with Gasteiger partial charge in [-0.3, -0.25) is 0 Å². The van der Waals surface area contributed by atoms with Crippen LogP contribution in [-0.2, 0) is 15.9 Å². The second-order valence-corrected chi connectivity index (χ2v) is 5.78. The highest BCUT2D eigenvalue weighted by Crippen LogP contribution is 2.20. The average Bonchev–Trinajstić information content (AvgIpc) is 2.47. The van der Waals surface area contributed by atoms with Crippen LogP contribution in [0.4, 0.5) is 0 Å². The predicted molar refractivity (Wildman–Crippen MR) is 75.6 cm³/mol. The summed E-state index contributed by atoms with van der Waals surface area (Å²) in [6.45, 7) is 0. The van der Waals surface area contributed by atoms with E-state index in [1.54, 1.807) is 30.3 Å². The monoisotopic (exact) mass is 298 g/mol. The molecule has 0 aliphatic carbocycles. The third-order valence-electron chi connectivity index (χ3n) is 2.62. The molecule has 2 aromatic carbocycles. The number of para-hydroxylation sites is 1. The highest BCUT2D eigenvalue weighted by Gasteiger charge is 2.16. The molecular formula is C15H10N2O3S. The Hall–Kier alpha value is -2.83. The molecule has 0 aliphatic heterocycles. The summed E-state index contributed by atoms with van der Waals surface area (Å²) in [6, 6.07) is 16.2. The summed E-state index contributed by atoms with van der Waals surface area (Å²) in [5, 5.41) is 17.7. The molecule has 0 aliphatic rings. The van der Waals surface area contributed by atoms with Gasteiger partial charge in [0.05, 0.1) is 17.2 Å². The lowest BCUT2D eigenvalue weighted by Gasteiger charge is -2.08. The number of benzene rings is 2. The maximum absolute atomic E-state index is 12.0. The second kappa shape index (κ2) is 6.08. The lowest BCUT2D eigenvalue weighted by molar-refractivity contribution is 0.484. The molecule has 0 spiro atoms.